The average Bonchev–Trinajstić information content (AvgIpc) is 3.28. The molecule has 1 aliphatic rings. The number of aryl methyl sites for hydroxylation is 3. The molecule has 2 heterocycles. The van der Waals surface area contributed by atoms with Gasteiger partial charge >= 0.3 is 0 Å². The SMILES string of the molecule is Cc1ccc(C(=O)N(CC2CCCO2)c2nc3c(C)cc(Cl)cc3s2)c(C)c1. The Bertz CT molecular complexity index is 1040. The normalized spacial score (nSPS) is 16.6. The van der Waals surface area contributed by atoms with Crippen LogP contribution in [0, 0.1) is 20.8 Å². The van der Waals surface area contributed by atoms with Crippen molar-refractivity contribution in [1.82, 2.24) is 4.98 Å². The smallest absolute Gasteiger partial charge is 0.260 e. The molecule has 4 nitrogen and oxygen atoms in total. The number of hydrogen-bond acceptors (Lipinski definition) is 4. The molecule has 0 N–H and O–H groups in total. The Labute approximate surface area is 174 Å². The predicted molar refractivity (Wildman–Crippen MR) is 116 cm³/mol. The number of benzene rings is 2. The summed E-state index contributed by atoms with van der Waals surface area (Å²) in [5.41, 5.74) is 4.74. The van der Waals surface area contributed by atoms with Gasteiger partial charge in [0.05, 0.1) is 22.9 Å². The molecule has 1 fully saturated rings. The summed E-state index contributed by atoms with van der Waals surface area (Å²) in [6.07, 6.45) is 2.04. The summed E-state index contributed by atoms with van der Waals surface area (Å²) in [7, 11) is 0. The summed E-state index contributed by atoms with van der Waals surface area (Å²) in [6, 6.07) is 9.75. The van der Waals surface area contributed by atoms with Crippen molar-refractivity contribution in [2.45, 2.75) is 39.7 Å². The molecule has 1 aliphatic heterocycles. The molecule has 0 aliphatic carbocycles. The second-order valence-electron chi connectivity index (χ2n) is 7.44. The number of hydrogen-bond donors (Lipinski definition) is 0. The maximum atomic E-state index is 13.5. The molecule has 1 amide bonds. The van der Waals surface area contributed by atoms with Gasteiger partial charge in [-0.05, 0) is 62.9 Å². The number of fused-ring (bicyclic) bond motifs is 1. The summed E-state index contributed by atoms with van der Waals surface area (Å²) in [5, 5.41) is 1.38. The summed E-state index contributed by atoms with van der Waals surface area (Å²) < 4.78 is 6.81. The molecule has 1 saturated heterocycles. The Morgan fingerprint density at radius 1 is 1.25 bits per heavy atom. The van der Waals surface area contributed by atoms with E-state index in [1.165, 1.54) is 11.3 Å². The zero-order valence-corrected chi connectivity index (χ0v) is 17.9. The summed E-state index contributed by atoms with van der Waals surface area (Å²) in [5.74, 6) is -0.0317. The molecule has 2 aromatic carbocycles. The Balaban J connectivity index is 1.76. The van der Waals surface area contributed by atoms with Gasteiger partial charge in [0.15, 0.2) is 5.13 Å². The van der Waals surface area contributed by atoms with Gasteiger partial charge in [-0.15, -0.1) is 0 Å². The van der Waals surface area contributed by atoms with Crippen LogP contribution in [0.5, 0.6) is 0 Å². The Kier molecular flexibility index (Phi) is 5.41. The van der Waals surface area contributed by atoms with Crippen LogP contribution in [0.15, 0.2) is 30.3 Å². The number of halogens is 1. The lowest BCUT2D eigenvalue weighted by molar-refractivity contribution is 0.0917. The van der Waals surface area contributed by atoms with Gasteiger partial charge in [-0.2, -0.15) is 0 Å². The van der Waals surface area contributed by atoms with Gasteiger partial charge in [-0.1, -0.05) is 40.6 Å². The highest BCUT2D eigenvalue weighted by Crippen LogP contribution is 2.34. The molecule has 3 aromatic rings. The average molecular weight is 415 g/mol. The van der Waals surface area contributed by atoms with Crippen LogP contribution in [0.2, 0.25) is 5.02 Å². The second-order valence-corrected chi connectivity index (χ2v) is 8.88. The van der Waals surface area contributed by atoms with Crippen LogP contribution >= 0.6 is 22.9 Å². The van der Waals surface area contributed by atoms with E-state index in [1.807, 2.05) is 51.1 Å². The van der Waals surface area contributed by atoms with E-state index in [2.05, 4.69) is 0 Å². The molecule has 1 aromatic heterocycles. The lowest BCUT2D eigenvalue weighted by Gasteiger charge is -2.24. The molecule has 1 unspecified atom stereocenters. The number of amides is 1. The molecule has 6 heteroatoms. The van der Waals surface area contributed by atoms with Crippen LogP contribution in [0.1, 0.15) is 39.9 Å². The predicted octanol–water partition coefficient (Wildman–Crippen LogP) is 5.70. The molecular weight excluding hydrogens is 392 g/mol. The van der Waals surface area contributed by atoms with Crippen molar-refractivity contribution in [3.05, 3.63) is 57.6 Å². The lowest BCUT2D eigenvalue weighted by atomic mass is 10.0. The van der Waals surface area contributed by atoms with Gasteiger partial charge in [0.2, 0.25) is 0 Å². The highest BCUT2D eigenvalue weighted by molar-refractivity contribution is 7.22. The topological polar surface area (TPSA) is 42.4 Å². The van der Waals surface area contributed by atoms with Crippen LogP contribution in [0.3, 0.4) is 0 Å². The minimum Gasteiger partial charge on any atom is -0.376 e. The molecule has 0 spiro atoms. The van der Waals surface area contributed by atoms with Crippen molar-refractivity contribution in [2.24, 2.45) is 0 Å². The molecule has 4 rings (SSSR count). The van der Waals surface area contributed by atoms with E-state index in [9.17, 15) is 4.79 Å². The standard InChI is InChI=1S/C22H23ClN2O2S/c1-13-6-7-18(14(2)9-13)21(26)25(12-17-5-4-8-27-17)22-24-20-15(3)10-16(23)11-19(20)28-22/h6-7,9-11,17H,4-5,8,12H2,1-3H3. The fourth-order valence-corrected chi connectivity index (χ4v) is 5.12. The summed E-state index contributed by atoms with van der Waals surface area (Å²) in [4.78, 5) is 20.1. The third-order valence-corrected chi connectivity index (χ3v) is 6.38. The molecule has 0 bridgehead atoms. The summed E-state index contributed by atoms with van der Waals surface area (Å²) >= 11 is 7.73. The fourth-order valence-electron chi connectivity index (χ4n) is 3.70. The van der Waals surface area contributed by atoms with E-state index in [0.717, 1.165) is 46.4 Å². The molecular formula is C22H23ClN2O2S. The highest BCUT2D eigenvalue weighted by atomic mass is 35.5. The monoisotopic (exact) mass is 414 g/mol. The number of thiazole rings is 1. The third-order valence-electron chi connectivity index (χ3n) is 5.14. The molecule has 1 atom stereocenters. The number of carbonyl (C=O) groups is 1. The van der Waals surface area contributed by atoms with Gasteiger partial charge in [0.1, 0.15) is 0 Å². The van der Waals surface area contributed by atoms with Crippen LogP contribution in [0.4, 0.5) is 5.13 Å². The second kappa shape index (κ2) is 7.82. The number of rotatable bonds is 4. The van der Waals surface area contributed by atoms with Crippen molar-refractivity contribution < 1.29 is 9.53 Å². The minimum atomic E-state index is -0.0317. The van der Waals surface area contributed by atoms with Crippen LogP contribution < -0.4 is 4.90 Å². The van der Waals surface area contributed by atoms with E-state index < -0.39 is 0 Å². The molecule has 28 heavy (non-hydrogen) atoms. The molecule has 0 saturated carbocycles. The van der Waals surface area contributed by atoms with E-state index in [1.54, 1.807) is 4.90 Å². The molecule has 146 valence electrons. The lowest BCUT2D eigenvalue weighted by Crippen LogP contribution is -2.37. The largest absolute Gasteiger partial charge is 0.376 e. The Morgan fingerprint density at radius 2 is 2.07 bits per heavy atom. The molecule has 0 radical (unpaired) electrons. The highest BCUT2D eigenvalue weighted by Gasteiger charge is 2.28. The van der Waals surface area contributed by atoms with E-state index in [0.29, 0.717) is 22.3 Å². The van der Waals surface area contributed by atoms with Crippen molar-refractivity contribution >= 4 is 44.2 Å². The van der Waals surface area contributed by atoms with E-state index in [-0.39, 0.29) is 12.0 Å². The number of ether oxygens (including phenoxy) is 1. The Morgan fingerprint density at radius 3 is 2.79 bits per heavy atom. The number of aromatic nitrogens is 1. The zero-order chi connectivity index (χ0) is 19.8. The van der Waals surface area contributed by atoms with Gasteiger partial charge in [0.25, 0.3) is 5.91 Å². The van der Waals surface area contributed by atoms with E-state index in [4.69, 9.17) is 21.3 Å². The first-order valence-corrected chi connectivity index (χ1v) is 10.7. The van der Waals surface area contributed by atoms with Gasteiger partial charge in [0, 0.05) is 17.2 Å². The van der Waals surface area contributed by atoms with Gasteiger partial charge in [-0.3, -0.25) is 9.69 Å². The number of carbonyl (C=O) groups excluding carboxylic acids is 1. The van der Waals surface area contributed by atoms with Crippen LogP contribution in [0.25, 0.3) is 10.2 Å². The number of nitrogens with zero attached hydrogens (tertiary/aromatic N) is 2. The first-order valence-electron chi connectivity index (χ1n) is 9.50. The maximum Gasteiger partial charge on any atom is 0.260 e. The summed E-state index contributed by atoms with van der Waals surface area (Å²) in [6.45, 7) is 7.27. The van der Waals surface area contributed by atoms with Gasteiger partial charge < -0.3 is 4.74 Å². The first-order chi connectivity index (χ1) is 13.4. The third kappa shape index (κ3) is 3.79. The van der Waals surface area contributed by atoms with Crippen molar-refractivity contribution in [3.63, 3.8) is 0 Å². The van der Waals surface area contributed by atoms with Crippen LogP contribution in [-0.2, 0) is 4.74 Å². The van der Waals surface area contributed by atoms with Crippen molar-refractivity contribution in [1.29, 1.82) is 0 Å². The maximum absolute atomic E-state index is 13.5. The minimum absolute atomic E-state index is 0.0317. The quantitative estimate of drug-likeness (QED) is 0.549. The Hall–Kier alpha value is -1.95. The van der Waals surface area contributed by atoms with Gasteiger partial charge in [-0.25, -0.2) is 4.98 Å². The van der Waals surface area contributed by atoms with E-state index >= 15 is 0 Å². The number of anilines is 1. The zero-order valence-electron chi connectivity index (χ0n) is 16.3. The fraction of sp³-hybridized carbons (Fsp3) is 0.364. The van der Waals surface area contributed by atoms with Crippen molar-refractivity contribution in [3.8, 4) is 0 Å². The van der Waals surface area contributed by atoms with Crippen molar-refractivity contribution in [2.75, 3.05) is 18.1 Å². The van der Waals surface area contributed by atoms with Crippen LogP contribution in [-0.4, -0.2) is 30.1 Å². The first kappa shape index (κ1) is 19.4.